The minimum Gasteiger partial charge on any atom is -0.310 e. The highest BCUT2D eigenvalue weighted by Gasteiger charge is 2.47. The van der Waals surface area contributed by atoms with Crippen LogP contribution in [0, 0.1) is 0 Å². The van der Waals surface area contributed by atoms with E-state index in [4.69, 9.17) is 19.9 Å². The first-order chi connectivity index (χ1) is 31.7. The Morgan fingerprint density at radius 1 is 0.312 bits per heavy atom. The number of nitrogens with one attached hydrogen (secondary N) is 4. The molecule has 3 fully saturated rings. The predicted octanol–water partition coefficient (Wildman–Crippen LogP) is 9.36. The van der Waals surface area contributed by atoms with Gasteiger partial charge in [-0.1, -0.05) is 97.1 Å². The number of pyridine rings is 4. The minimum atomic E-state index is 0.128. The molecule has 5 aliphatic rings. The van der Waals surface area contributed by atoms with Gasteiger partial charge in [0.2, 0.25) is 0 Å². The third kappa shape index (κ3) is 6.74. The Hall–Kier alpha value is -6.16. The zero-order valence-electron chi connectivity index (χ0n) is 35.7. The van der Waals surface area contributed by atoms with Gasteiger partial charge in [-0.2, -0.15) is 0 Å². The summed E-state index contributed by atoms with van der Waals surface area (Å²) in [6.07, 6.45) is 22.0. The van der Waals surface area contributed by atoms with E-state index in [2.05, 4.69) is 143 Å². The van der Waals surface area contributed by atoms with Crippen molar-refractivity contribution >= 4 is 43.6 Å². The fourth-order valence-electron chi connectivity index (χ4n) is 12.7. The summed E-state index contributed by atoms with van der Waals surface area (Å²) in [6.45, 7) is 0. The van der Waals surface area contributed by atoms with E-state index in [9.17, 15) is 0 Å². The predicted molar refractivity (Wildman–Crippen MR) is 258 cm³/mol. The summed E-state index contributed by atoms with van der Waals surface area (Å²) < 4.78 is 0. The van der Waals surface area contributed by atoms with Crippen LogP contribution < -0.4 is 21.3 Å². The number of benzene rings is 4. The molecule has 12 unspecified atom stereocenters. The van der Waals surface area contributed by atoms with E-state index >= 15 is 0 Å². The van der Waals surface area contributed by atoms with Crippen LogP contribution in [0.4, 0.5) is 0 Å². The number of aromatic nitrogens is 4. The van der Waals surface area contributed by atoms with Gasteiger partial charge in [0, 0.05) is 118 Å². The molecule has 9 heterocycles. The van der Waals surface area contributed by atoms with Crippen LogP contribution in [-0.4, -0.2) is 68.3 Å². The summed E-state index contributed by atoms with van der Waals surface area (Å²) in [5.41, 5.74) is 9.52. The Balaban J connectivity index is 0.949. The van der Waals surface area contributed by atoms with Crippen molar-refractivity contribution in [1.82, 2.24) is 41.2 Å². The fourth-order valence-corrected chi connectivity index (χ4v) is 12.7. The first-order valence-corrected chi connectivity index (χ1v) is 23.5. The molecule has 4 aromatic heterocycles. The normalized spacial score (nSPS) is 31.1. The molecule has 0 aliphatic carbocycles. The summed E-state index contributed by atoms with van der Waals surface area (Å²) in [5, 5.41) is 22.1. The largest absolute Gasteiger partial charge is 0.310 e. The van der Waals surface area contributed by atoms with Crippen LogP contribution in [0.25, 0.3) is 43.6 Å². The van der Waals surface area contributed by atoms with Gasteiger partial charge in [-0.3, -0.25) is 19.9 Å². The number of fused-ring (bicyclic) bond motifs is 12. The van der Waals surface area contributed by atoms with Crippen molar-refractivity contribution in [3.05, 3.63) is 193 Å². The van der Waals surface area contributed by atoms with E-state index in [1.165, 1.54) is 43.8 Å². The first kappa shape index (κ1) is 38.3. The van der Waals surface area contributed by atoms with Crippen LogP contribution in [0.15, 0.2) is 170 Å². The molecule has 4 aromatic carbocycles. The maximum absolute atomic E-state index is 4.85. The van der Waals surface area contributed by atoms with Gasteiger partial charge in [0.25, 0.3) is 0 Å². The zero-order chi connectivity index (χ0) is 42.1. The van der Waals surface area contributed by atoms with Gasteiger partial charge in [-0.05, 0) is 96.5 Å². The molecule has 0 radical (unpaired) electrons. The molecule has 64 heavy (non-hydrogen) atoms. The Morgan fingerprint density at radius 2 is 0.578 bits per heavy atom. The van der Waals surface area contributed by atoms with Gasteiger partial charge in [-0.15, -0.1) is 0 Å². The lowest BCUT2D eigenvalue weighted by molar-refractivity contribution is 0.317. The van der Waals surface area contributed by atoms with Crippen LogP contribution in [0.3, 0.4) is 0 Å². The molecule has 316 valence electrons. The molecule has 3 saturated heterocycles. The SMILES string of the molecule is C1=CC2NC1C(c1ccc3cccnc3c1)C1CCC(N1)C(c1ccc3cccnc3c1)C1C=CC(N1)C(c1ccc3cccnc3c1)C1CCC(N1)C2c1ccc2cccnc2c1. The number of hydrogen-bond acceptors (Lipinski definition) is 8. The number of hydrogen-bond donors (Lipinski definition) is 4. The minimum absolute atomic E-state index is 0.128. The Labute approximate surface area is 373 Å². The molecule has 12 atom stereocenters. The molecule has 8 aromatic rings. The van der Waals surface area contributed by atoms with E-state index in [0.29, 0.717) is 0 Å². The molecular weight excluding hydrogens is 785 g/mol. The van der Waals surface area contributed by atoms with Crippen LogP contribution >= 0.6 is 0 Å². The second kappa shape index (κ2) is 15.8. The summed E-state index contributed by atoms with van der Waals surface area (Å²) in [7, 11) is 0. The molecule has 5 aliphatic heterocycles. The van der Waals surface area contributed by atoms with Crippen molar-refractivity contribution in [2.45, 2.75) is 97.7 Å². The fraction of sp³-hybridized carbons (Fsp3) is 0.286. The average Bonchev–Trinajstić information content (AvgIpc) is 4.20. The molecule has 8 heteroatoms. The van der Waals surface area contributed by atoms with Crippen molar-refractivity contribution in [2.75, 3.05) is 0 Å². The highest BCUT2D eigenvalue weighted by Crippen LogP contribution is 2.44. The maximum Gasteiger partial charge on any atom is 0.0704 e. The zero-order valence-corrected chi connectivity index (χ0v) is 35.7. The molecule has 4 N–H and O–H groups in total. The van der Waals surface area contributed by atoms with Crippen LogP contribution in [0.2, 0.25) is 0 Å². The van der Waals surface area contributed by atoms with Gasteiger partial charge in [0.05, 0.1) is 22.1 Å². The number of rotatable bonds is 4. The van der Waals surface area contributed by atoms with Crippen molar-refractivity contribution < 1.29 is 0 Å². The van der Waals surface area contributed by atoms with Gasteiger partial charge in [-0.25, -0.2) is 0 Å². The van der Waals surface area contributed by atoms with Crippen LogP contribution in [-0.2, 0) is 0 Å². The van der Waals surface area contributed by atoms with Gasteiger partial charge in [0.15, 0.2) is 0 Å². The molecule has 0 saturated carbocycles. The highest BCUT2D eigenvalue weighted by molar-refractivity contribution is 5.81. The average molecular weight is 837 g/mol. The lowest BCUT2D eigenvalue weighted by atomic mass is 9.82. The molecule has 0 amide bonds. The maximum atomic E-state index is 4.85. The highest BCUT2D eigenvalue weighted by atomic mass is 15.1. The summed E-state index contributed by atoms with van der Waals surface area (Å²) in [6, 6.07) is 46.3. The second-order valence-corrected chi connectivity index (χ2v) is 19.0. The molecule has 8 bridgehead atoms. The summed E-state index contributed by atoms with van der Waals surface area (Å²) in [4.78, 5) is 19.4. The monoisotopic (exact) mass is 836 g/mol. The molecule has 0 spiro atoms. The standard InChI is InChI=1S/C56H52N8/c1-5-33-9-13-37(29-49(33)57-25-1)53-41-17-19-43(61-41)54(38-14-10-34-6-2-26-58-50(34)30-38)45-21-23-47(63-45)56(40-16-12-36-8-4-28-60-52(36)32-40)48-24-22-46(64-48)55(44-20-18-42(53)62-44)39-15-11-35-7-3-27-59-51(35)31-39/h1-17,19,22,24-32,41-48,53-56,61-64H,18,20-21,23H2. The Morgan fingerprint density at radius 3 is 0.844 bits per heavy atom. The second-order valence-electron chi connectivity index (χ2n) is 19.0. The smallest absolute Gasteiger partial charge is 0.0704 e. The van der Waals surface area contributed by atoms with E-state index in [0.717, 1.165) is 47.8 Å². The molecule has 8 nitrogen and oxygen atoms in total. The van der Waals surface area contributed by atoms with Crippen molar-refractivity contribution in [3.8, 4) is 0 Å². The quantitative estimate of drug-likeness (QED) is 0.130. The van der Waals surface area contributed by atoms with Crippen molar-refractivity contribution in [1.29, 1.82) is 0 Å². The van der Waals surface area contributed by atoms with Crippen molar-refractivity contribution in [2.24, 2.45) is 0 Å². The van der Waals surface area contributed by atoms with E-state index in [-0.39, 0.29) is 72.0 Å². The van der Waals surface area contributed by atoms with E-state index < -0.39 is 0 Å². The Bertz CT molecular complexity index is 2700. The third-order valence-electron chi connectivity index (χ3n) is 15.6. The number of nitrogens with zero attached hydrogens (tertiary/aromatic N) is 4. The first-order valence-electron chi connectivity index (χ1n) is 23.5. The van der Waals surface area contributed by atoms with E-state index in [1.807, 2.05) is 49.1 Å². The molecule has 13 rings (SSSR count). The van der Waals surface area contributed by atoms with Crippen molar-refractivity contribution in [3.63, 3.8) is 0 Å². The van der Waals surface area contributed by atoms with Gasteiger partial charge in [0.1, 0.15) is 0 Å². The van der Waals surface area contributed by atoms with Gasteiger partial charge < -0.3 is 21.3 Å². The van der Waals surface area contributed by atoms with Gasteiger partial charge >= 0.3 is 0 Å². The van der Waals surface area contributed by atoms with Crippen LogP contribution in [0.5, 0.6) is 0 Å². The third-order valence-corrected chi connectivity index (χ3v) is 15.6. The lowest BCUT2D eigenvalue weighted by Crippen LogP contribution is -2.52. The Kier molecular flexibility index (Phi) is 9.47. The molecular formula is C56H52N8. The lowest BCUT2D eigenvalue weighted by Gasteiger charge is -2.38. The summed E-state index contributed by atoms with van der Waals surface area (Å²) >= 11 is 0. The topological polar surface area (TPSA) is 99.7 Å². The summed E-state index contributed by atoms with van der Waals surface area (Å²) in [5.74, 6) is 0.772. The van der Waals surface area contributed by atoms with Crippen LogP contribution in [0.1, 0.15) is 71.6 Å². The van der Waals surface area contributed by atoms with E-state index in [1.54, 1.807) is 0 Å².